The molecule has 1 aromatic heterocycles. The average Bonchev–Trinajstić information content (AvgIpc) is 3.71. The third-order valence-corrected chi connectivity index (χ3v) is 8.50. The molecule has 1 aliphatic rings. The molecule has 0 saturated heterocycles. The van der Waals surface area contributed by atoms with E-state index in [1.807, 2.05) is 36.4 Å². The molecule has 1 amide bonds. The monoisotopic (exact) mass is 591 g/mol. The molecule has 9 heteroatoms. The van der Waals surface area contributed by atoms with Crippen molar-refractivity contribution in [3.8, 4) is 27.3 Å². The maximum atomic E-state index is 14.4. The van der Waals surface area contributed by atoms with Gasteiger partial charge in [0.15, 0.2) is 5.13 Å². The molecule has 42 heavy (non-hydrogen) atoms. The van der Waals surface area contributed by atoms with Crippen LogP contribution in [0.5, 0.6) is 5.75 Å². The molecule has 218 valence electrons. The van der Waals surface area contributed by atoms with Crippen LogP contribution >= 0.6 is 11.3 Å². The number of esters is 1. The van der Waals surface area contributed by atoms with Gasteiger partial charge in [-0.05, 0) is 79.6 Å². The Labute approximate surface area is 247 Å². The van der Waals surface area contributed by atoms with Crippen LogP contribution in [0.15, 0.2) is 66.7 Å². The van der Waals surface area contributed by atoms with Crippen LogP contribution < -0.4 is 10.1 Å². The smallest absolute Gasteiger partial charge is 0.412 e. The Balaban J connectivity index is 1.35. The van der Waals surface area contributed by atoms with Gasteiger partial charge in [-0.2, -0.15) is 4.39 Å². The molecule has 1 unspecified atom stereocenters. The number of hydrogen-bond donors (Lipinski definition) is 1. The van der Waals surface area contributed by atoms with Crippen LogP contribution in [-0.2, 0) is 19.7 Å². The topological polar surface area (TPSA) is 73.9 Å². The Morgan fingerprint density at radius 2 is 1.71 bits per heavy atom. The summed E-state index contributed by atoms with van der Waals surface area (Å²) in [6.45, 7) is 5.60. The number of anilines is 1. The van der Waals surface area contributed by atoms with E-state index in [-0.39, 0.29) is 11.7 Å². The highest BCUT2D eigenvalue weighted by Crippen LogP contribution is 2.50. The number of thiophene rings is 1. The molecule has 1 saturated carbocycles. The number of nitrogens with one attached hydrogen (secondary N) is 1. The molecule has 4 aromatic rings. The van der Waals surface area contributed by atoms with Gasteiger partial charge in [-0.1, -0.05) is 42.5 Å². The van der Waals surface area contributed by atoms with Crippen LogP contribution in [0, 0.1) is 17.9 Å². The molecule has 1 N–H and O–H groups in total. The van der Waals surface area contributed by atoms with Crippen molar-refractivity contribution in [2.45, 2.75) is 45.1 Å². The molecular weight excluding hydrogens is 560 g/mol. The molecule has 3 aromatic carbocycles. The maximum Gasteiger partial charge on any atom is 0.412 e. The summed E-state index contributed by atoms with van der Waals surface area (Å²) in [5.41, 5.74) is 4.31. The van der Waals surface area contributed by atoms with Gasteiger partial charge < -0.3 is 14.2 Å². The first-order valence-electron chi connectivity index (χ1n) is 13.6. The molecule has 6 nitrogen and oxygen atoms in total. The van der Waals surface area contributed by atoms with Crippen molar-refractivity contribution in [2.24, 2.45) is 0 Å². The molecule has 0 aliphatic heterocycles. The lowest BCUT2D eigenvalue weighted by molar-refractivity contribution is -0.146. The zero-order valence-corrected chi connectivity index (χ0v) is 24.6. The van der Waals surface area contributed by atoms with Gasteiger partial charge in [0, 0.05) is 11.6 Å². The lowest BCUT2D eigenvalue weighted by Gasteiger charge is -2.17. The van der Waals surface area contributed by atoms with Gasteiger partial charge in [0.2, 0.25) is 0 Å². The Hall–Kier alpha value is -4.24. The van der Waals surface area contributed by atoms with Gasteiger partial charge in [0.25, 0.3) is 0 Å². The number of hydrogen-bond acceptors (Lipinski definition) is 6. The largest absolute Gasteiger partial charge is 0.496 e. The van der Waals surface area contributed by atoms with E-state index < -0.39 is 28.6 Å². The fourth-order valence-corrected chi connectivity index (χ4v) is 5.96. The van der Waals surface area contributed by atoms with E-state index in [1.165, 1.54) is 18.2 Å². The molecule has 0 bridgehead atoms. The predicted molar refractivity (Wildman–Crippen MR) is 159 cm³/mol. The highest BCUT2D eigenvalue weighted by Gasteiger charge is 2.52. The number of rotatable bonds is 9. The summed E-state index contributed by atoms with van der Waals surface area (Å²) in [6.07, 6.45) is 0.0393. The fourth-order valence-electron chi connectivity index (χ4n) is 5.13. The number of ether oxygens (including phenoxy) is 3. The second kappa shape index (κ2) is 11.9. The quantitative estimate of drug-likeness (QED) is 0.197. The number of amides is 1. The molecule has 1 heterocycles. The van der Waals surface area contributed by atoms with Crippen molar-refractivity contribution in [2.75, 3.05) is 19.0 Å². The second-order valence-corrected chi connectivity index (χ2v) is 11.3. The van der Waals surface area contributed by atoms with Gasteiger partial charge in [-0.3, -0.25) is 10.1 Å². The Morgan fingerprint density at radius 3 is 2.38 bits per heavy atom. The first kappa shape index (κ1) is 29.3. The van der Waals surface area contributed by atoms with Crippen LogP contribution in [-0.4, -0.2) is 25.8 Å². The van der Waals surface area contributed by atoms with Crippen molar-refractivity contribution >= 4 is 29.1 Å². The van der Waals surface area contributed by atoms with Crippen molar-refractivity contribution in [3.05, 3.63) is 94.4 Å². The third kappa shape index (κ3) is 5.87. The minimum absolute atomic E-state index is 0.185. The minimum atomic E-state index is -0.787. The van der Waals surface area contributed by atoms with E-state index in [9.17, 15) is 18.4 Å². The molecule has 0 radical (unpaired) electrons. The molecular formula is C33H31F2NO5S. The third-order valence-electron chi connectivity index (χ3n) is 7.53. The summed E-state index contributed by atoms with van der Waals surface area (Å²) in [7, 11) is 1.55. The Morgan fingerprint density at radius 1 is 1.00 bits per heavy atom. The van der Waals surface area contributed by atoms with Crippen molar-refractivity contribution in [3.63, 3.8) is 0 Å². The van der Waals surface area contributed by atoms with E-state index in [0.29, 0.717) is 28.4 Å². The maximum absolute atomic E-state index is 14.4. The minimum Gasteiger partial charge on any atom is -0.496 e. The zero-order valence-electron chi connectivity index (χ0n) is 23.8. The van der Waals surface area contributed by atoms with Crippen LogP contribution in [0.3, 0.4) is 0 Å². The number of halogens is 2. The Bertz CT molecular complexity index is 1630. The summed E-state index contributed by atoms with van der Waals surface area (Å²) in [4.78, 5) is 25.7. The average molecular weight is 592 g/mol. The van der Waals surface area contributed by atoms with Crippen LogP contribution in [0.25, 0.3) is 21.6 Å². The normalized spacial score (nSPS) is 14.1. The van der Waals surface area contributed by atoms with E-state index in [0.717, 1.165) is 46.4 Å². The fraction of sp³-hybridized carbons (Fsp3) is 0.273. The van der Waals surface area contributed by atoms with E-state index >= 15 is 0 Å². The molecule has 1 fully saturated rings. The number of carbonyl (C=O) groups is 2. The summed E-state index contributed by atoms with van der Waals surface area (Å²) in [6, 6.07) is 18.8. The Kier molecular flexibility index (Phi) is 8.31. The van der Waals surface area contributed by atoms with E-state index in [4.69, 9.17) is 14.2 Å². The van der Waals surface area contributed by atoms with E-state index in [1.54, 1.807) is 40.0 Å². The highest BCUT2D eigenvalue weighted by atomic mass is 32.1. The number of methoxy groups -OCH3 is 1. The zero-order chi connectivity index (χ0) is 30.0. The number of aryl methyl sites for hydroxylation is 1. The molecule has 1 atom stereocenters. The standard InChI is InChI=1S/C33H31F2NO5S/c1-5-40-31(37)33(14-15-33)23-10-7-21(8-11-23)25-13-9-22(16-28(25)39-4)30-27(18-29(35)42-30)36-32(38)41-20(3)26-17-24(34)12-6-19(26)2/h6-13,16-18,20H,5,14-15H2,1-4H3,(H,36,38). The lowest BCUT2D eigenvalue weighted by atomic mass is 9.93. The number of carbonyl (C=O) groups excluding carboxylic acids is 2. The molecule has 0 spiro atoms. The van der Waals surface area contributed by atoms with E-state index in [2.05, 4.69) is 5.32 Å². The summed E-state index contributed by atoms with van der Waals surface area (Å²) in [5.74, 6) is -0.0514. The summed E-state index contributed by atoms with van der Waals surface area (Å²) >= 11 is 0.882. The number of benzene rings is 3. The highest BCUT2D eigenvalue weighted by molar-refractivity contribution is 7.14. The van der Waals surface area contributed by atoms with Crippen molar-refractivity contribution < 1.29 is 32.6 Å². The van der Waals surface area contributed by atoms with Crippen LogP contribution in [0.2, 0.25) is 0 Å². The first-order valence-corrected chi connectivity index (χ1v) is 14.5. The van der Waals surface area contributed by atoms with Gasteiger partial charge in [-0.25, -0.2) is 9.18 Å². The molecule has 5 rings (SSSR count). The van der Waals surface area contributed by atoms with Gasteiger partial charge in [-0.15, -0.1) is 11.3 Å². The second-order valence-electron chi connectivity index (χ2n) is 10.3. The van der Waals surface area contributed by atoms with Gasteiger partial charge in [0.1, 0.15) is 17.7 Å². The summed E-state index contributed by atoms with van der Waals surface area (Å²) in [5, 5.41) is 2.15. The van der Waals surface area contributed by atoms with Crippen molar-refractivity contribution in [1.29, 1.82) is 0 Å². The van der Waals surface area contributed by atoms with Crippen LogP contribution in [0.4, 0.5) is 19.3 Å². The first-order chi connectivity index (χ1) is 20.1. The van der Waals surface area contributed by atoms with Gasteiger partial charge in [0.05, 0.1) is 29.7 Å². The summed E-state index contributed by atoms with van der Waals surface area (Å²) < 4.78 is 44.6. The predicted octanol–water partition coefficient (Wildman–Crippen LogP) is 8.58. The SMILES string of the molecule is CCOC(=O)C1(c2ccc(-c3ccc(-c4sc(F)cc4NC(=O)OC(C)c4cc(F)ccc4C)cc3OC)cc2)CC1. The van der Waals surface area contributed by atoms with Crippen molar-refractivity contribution in [1.82, 2.24) is 0 Å². The van der Waals surface area contributed by atoms with Gasteiger partial charge >= 0.3 is 12.1 Å². The molecule has 1 aliphatic carbocycles. The van der Waals surface area contributed by atoms with Crippen LogP contribution in [0.1, 0.15) is 49.5 Å². The lowest BCUT2D eigenvalue weighted by Crippen LogP contribution is -2.23.